The summed E-state index contributed by atoms with van der Waals surface area (Å²) in [7, 11) is -2.79. The summed E-state index contributed by atoms with van der Waals surface area (Å²) in [6.45, 7) is 4.64. The van der Waals surface area contributed by atoms with E-state index < -0.39 is 10.6 Å². The van der Waals surface area contributed by atoms with Crippen LogP contribution in [0.5, 0.6) is 0 Å². The molecule has 0 radical (unpaired) electrons. The zero-order chi connectivity index (χ0) is 20.0. The fourth-order valence-electron chi connectivity index (χ4n) is 3.93. The number of anilines is 2. The van der Waals surface area contributed by atoms with Crippen molar-refractivity contribution in [3.05, 3.63) is 59.7 Å². The van der Waals surface area contributed by atoms with Gasteiger partial charge in [0.25, 0.3) is 0 Å². The molecule has 3 N–H and O–H groups in total. The van der Waals surface area contributed by atoms with Crippen molar-refractivity contribution < 1.29 is 13.8 Å². The second-order valence-corrected chi connectivity index (χ2v) is 10.0. The number of fused-ring (bicyclic) bond motifs is 2. The van der Waals surface area contributed by atoms with Gasteiger partial charge in [-0.25, -0.2) is 4.98 Å². The molecule has 1 saturated heterocycles. The Morgan fingerprint density at radius 3 is 2.76 bits per heavy atom. The lowest BCUT2D eigenvalue weighted by molar-refractivity contribution is 0.0211. The molecule has 1 aromatic heterocycles. The molecule has 0 aliphatic carbocycles. The first kappa shape index (κ1) is 18.7. The molecule has 3 aromatic rings. The normalized spacial score (nSPS) is 19.9. The molecular weight excluding hydrogens is 386 g/mol. The van der Waals surface area contributed by atoms with Crippen molar-refractivity contribution in [1.82, 2.24) is 4.98 Å². The van der Waals surface area contributed by atoms with E-state index in [4.69, 9.17) is 9.72 Å². The van der Waals surface area contributed by atoms with E-state index in [1.165, 1.54) is 5.56 Å². The van der Waals surface area contributed by atoms with Crippen LogP contribution in [-0.4, -0.2) is 45.6 Å². The minimum atomic E-state index is -2.79. The Kier molecular flexibility index (Phi) is 4.63. The summed E-state index contributed by atoms with van der Waals surface area (Å²) in [6.07, 6.45) is 0. The van der Waals surface area contributed by atoms with Crippen LogP contribution in [0, 0.1) is 6.92 Å². The van der Waals surface area contributed by atoms with Gasteiger partial charge in [0.15, 0.2) is 0 Å². The third kappa shape index (κ3) is 3.55. The fourth-order valence-corrected chi connectivity index (χ4v) is 5.47. The van der Waals surface area contributed by atoms with Crippen molar-refractivity contribution in [3.8, 4) is 0 Å². The Balaban J connectivity index is 1.57. The van der Waals surface area contributed by atoms with Crippen molar-refractivity contribution in [2.24, 2.45) is 0 Å². The van der Waals surface area contributed by atoms with Crippen molar-refractivity contribution in [2.45, 2.75) is 24.4 Å². The van der Waals surface area contributed by atoms with E-state index in [9.17, 15) is 9.11 Å². The summed E-state index contributed by atoms with van der Waals surface area (Å²) >= 11 is 0. The van der Waals surface area contributed by atoms with E-state index in [1.54, 1.807) is 0 Å². The molecule has 0 atom stereocenters. The Labute approximate surface area is 171 Å². The summed E-state index contributed by atoms with van der Waals surface area (Å²) < 4.78 is 26.6. The van der Waals surface area contributed by atoms with Gasteiger partial charge in [-0.15, -0.1) is 0 Å². The van der Waals surface area contributed by atoms with Crippen molar-refractivity contribution in [2.75, 3.05) is 35.7 Å². The zero-order valence-electron chi connectivity index (χ0n) is 16.3. The summed E-state index contributed by atoms with van der Waals surface area (Å²) in [5.74, 6) is 1.15. The van der Waals surface area contributed by atoms with Crippen molar-refractivity contribution >= 4 is 33.0 Å². The zero-order valence-corrected chi connectivity index (χ0v) is 17.2. The van der Waals surface area contributed by atoms with E-state index in [0.29, 0.717) is 43.0 Å². The molecule has 0 spiro atoms. The highest BCUT2D eigenvalue weighted by Gasteiger charge is 2.27. The molecule has 2 aromatic carbocycles. The molecule has 29 heavy (non-hydrogen) atoms. The predicted molar refractivity (Wildman–Crippen MR) is 118 cm³/mol. The first-order valence-corrected chi connectivity index (χ1v) is 11.6. The maximum atomic E-state index is 10.7. The molecule has 0 bridgehead atoms. The van der Waals surface area contributed by atoms with Gasteiger partial charge in [0.2, 0.25) is 0 Å². The molecule has 3 heterocycles. The van der Waals surface area contributed by atoms with E-state index in [-0.39, 0.29) is 0 Å². The van der Waals surface area contributed by atoms with Gasteiger partial charge < -0.3 is 15.0 Å². The molecule has 2 aliphatic heterocycles. The first-order chi connectivity index (χ1) is 14.0. The second-order valence-electron chi connectivity index (χ2n) is 7.83. The molecule has 2 aliphatic rings. The van der Waals surface area contributed by atoms with Gasteiger partial charge in [0, 0.05) is 30.2 Å². The number of hydrogen-bond donors (Lipinski definition) is 3. The number of rotatable bonds is 3. The minimum Gasteiger partial charge on any atom is -0.377 e. The molecule has 6 nitrogen and oxygen atoms in total. The van der Waals surface area contributed by atoms with Crippen LogP contribution in [0.25, 0.3) is 10.9 Å². The SMILES string of the molecule is Cc1ccc2nc(N3CCS(O)(O)c4ccccc4C3)cc(NC3COC3)c2c1. The Morgan fingerprint density at radius 2 is 1.97 bits per heavy atom. The Hall–Kier alpha value is -2.32. The third-order valence-corrected chi connectivity index (χ3v) is 7.46. The van der Waals surface area contributed by atoms with Crippen molar-refractivity contribution in [1.29, 1.82) is 0 Å². The van der Waals surface area contributed by atoms with E-state index in [2.05, 4.69) is 41.4 Å². The maximum Gasteiger partial charge on any atom is 0.131 e. The largest absolute Gasteiger partial charge is 0.377 e. The number of ether oxygens (including phenoxy) is 1. The molecule has 1 fully saturated rings. The maximum absolute atomic E-state index is 10.7. The molecule has 0 amide bonds. The average Bonchev–Trinajstić information content (AvgIpc) is 2.81. The number of pyridine rings is 1. The standard InChI is InChI=1S/C22H25N3O3S/c1-15-6-7-19-18(10-15)20(23-17-13-28-14-17)11-22(24-19)25-8-9-29(26,27)21-5-3-2-4-16(21)12-25/h2-7,10-11,17,26-27H,8-9,12-14H2,1H3,(H,23,24). The van der Waals surface area contributed by atoms with Crippen LogP contribution in [0.4, 0.5) is 11.5 Å². The van der Waals surface area contributed by atoms with Gasteiger partial charge in [-0.1, -0.05) is 29.8 Å². The summed E-state index contributed by atoms with van der Waals surface area (Å²) in [5, 5.41) is 4.69. The van der Waals surface area contributed by atoms with E-state index in [0.717, 1.165) is 28.0 Å². The number of hydrogen-bond acceptors (Lipinski definition) is 6. The lowest BCUT2D eigenvalue weighted by Gasteiger charge is -2.32. The minimum absolute atomic E-state index is 0.302. The van der Waals surface area contributed by atoms with Gasteiger partial charge in [-0.2, -0.15) is 10.6 Å². The number of aromatic nitrogens is 1. The van der Waals surface area contributed by atoms with Gasteiger partial charge in [-0.3, -0.25) is 9.11 Å². The molecule has 5 rings (SSSR count). The highest BCUT2D eigenvalue weighted by molar-refractivity contribution is 8.24. The molecule has 0 unspecified atom stereocenters. The quantitative estimate of drug-likeness (QED) is 0.590. The molecule has 0 saturated carbocycles. The molecule has 152 valence electrons. The predicted octanol–water partition coefficient (Wildman–Crippen LogP) is 4.48. The number of nitrogens with zero attached hydrogens (tertiary/aromatic N) is 2. The van der Waals surface area contributed by atoms with Crippen LogP contribution in [-0.2, 0) is 11.3 Å². The topological polar surface area (TPSA) is 77.9 Å². The number of benzene rings is 2. The van der Waals surface area contributed by atoms with E-state index >= 15 is 0 Å². The lowest BCUT2D eigenvalue weighted by Crippen LogP contribution is -2.40. The fraction of sp³-hybridized carbons (Fsp3) is 0.318. The highest BCUT2D eigenvalue weighted by atomic mass is 32.3. The van der Waals surface area contributed by atoms with Gasteiger partial charge in [-0.05, 0) is 30.7 Å². The number of nitrogens with one attached hydrogen (secondary N) is 1. The first-order valence-electron chi connectivity index (χ1n) is 9.84. The highest BCUT2D eigenvalue weighted by Crippen LogP contribution is 2.51. The monoisotopic (exact) mass is 411 g/mol. The smallest absolute Gasteiger partial charge is 0.131 e. The average molecular weight is 412 g/mol. The van der Waals surface area contributed by atoms with Crippen LogP contribution >= 0.6 is 10.6 Å². The number of aryl methyl sites for hydroxylation is 1. The second kappa shape index (κ2) is 7.18. The van der Waals surface area contributed by atoms with E-state index in [1.807, 2.05) is 24.3 Å². The van der Waals surface area contributed by atoms with Crippen LogP contribution in [0.3, 0.4) is 0 Å². The van der Waals surface area contributed by atoms with Crippen LogP contribution < -0.4 is 10.2 Å². The van der Waals surface area contributed by atoms with Crippen LogP contribution in [0.15, 0.2) is 53.4 Å². The summed E-state index contributed by atoms with van der Waals surface area (Å²) in [6, 6.07) is 16.3. The van der Waals surface area contributed by atoms with Crippen molar-refractivity contribution in [3.63, 3.8) is 0 Å². The van der Waals surface area contributed by atoms with Gasteiger partial charge in [0.05, 0.1) is 35.4 Å². The summed E-state index contributed by atoms with van der Waals surface area (Å²) in [5.41, 5.74) is 4.11. The summed E-state index contributed by atoms with van der Waals surface area (Å²) in [4.78, 5) is 7.71. The lowest BCUT2D eigenvalue weighted by atomic mass is 10.1. The Bertz CT molecular complexity index is 1070. The van der Waals surface area contributed by atoms with Crippen LogP contribution in [0.2, 0.25) is 0 Å². The molecule has 7 heteroatoms. The molecular formula is C22H25N3O3S. The van der Waals surface area contributed by atoms with Gasteiger partial charge >= 0.3 is 0 Å². The van der Waals surface area contributed by atoms with Gasteiger partial charge in [0.1, 0.15) is 5.82 Å². The van der Waals surface area contributed by atoms with Crippen LogP contribution in [0.1, 0.15) is 11.1 Å². The third-order valence-electron chi connectivity index (χ3n) is 5.60. The Morgan fingerprint density at radius 1 is 1.14 bits per heavy atom.